The molecule has 8 heteroatoms. The molecule has 4 rings (SSSR count). The van der Waals surface area contributed by atoms with Crippen molar-refractivity contribution < 1.29 is 24.2 Å². The molecule has 168 valence electrons. The van der Waals surface area contributed by atoms with Gasteiger partial charge in [-0.1, -0.05) is 29.8 Å². The van der Waals surface area contributed by atoms with Gasteiger partial charge in [-0.3, -0.25) is 14.6 Å². The summed E-state index contributed by atoms with van der Waals surface area (Å²) in [5.74, 6) is -0.813. The SMILES string of the molecule is COc1ccc(CN2C(=O)C(=O)/C(=C(\O)c3ccc(Cl)c(OC)c3)C2c2ccccn2)cc1. The molecule has 7 nitrogen and oxygen atoms in total. The highest BCUT2D eigenvalue weighted by molar-refractivity contribution is 6.46. The van der Waals surface area contributed by atoms with Crippen molar-refractivity contribution in [2.75, 3.05) is 14.2 Å². The third-order valence-electron chi connectivity index (χ3n) is 5.44. The van der Waals surface area contributed by atoms with Crippen LogP contribution in [0.15, 0.2) is 72.4 Å². The first-order valence-electron chi connectivity index (χ1n) is 10.1. The maximum Gasteiger partial charge on any atom is 0.296 e. The summed E-state index contributed by atoms with van der Waals surface area (Å²) >= 11 is 6.10. The van der Waals surface area contributed by atoms with Crippen molar-refractivity contribution in [2.24, 2.45) is 0 Å². The van der Waals surface area contributed by atoms with Crippen molar-refractivity contribution in [3.05, 3.63) is 94.3 Å². The smallest absolute Gasteiger partial charge is 0.296 e. The first kappa shape index (κ1) is 22.4. The number of carbonyl (C=O) groups is 2. The molecule has 1 unspecified atom stereocenters. The largest absolute Gasteiger partial charge is 0.507 e. The van der Waals surface area contributed by atoms with E-state index < -0.39 is 17.7 Å². The molecule has 1 fully saturated rings. The number of pyridine rings is 1. The lowest BCUT2D eigenvalue weighted by atomic mass is 9.98. The molecule has 0 spiro atoms. The van der Waals surface area contributed by atoms with Gasteiger partial charge in [0.05, 0.1) is 30.5 Å². The van der Waals surface area contributed by atoms with Crippen LogP contribution in [0.2, 0.25) is 5.02 Å². The number of aliphatic hydroxyl groups is 1. The normalized spacial score (nSPS) is 17.3. The standard InChI is InChI=1S/C25H21ClN2O5/c1-32-17-9-6-15(7-10-17)14-28-22(19-5-3-4-12-27-19)21(24(30)25(28)31)23(29)16-8-11-18(26)20(13-16)33-2/h3-13,22,29H,14H2,1-2H3/b23-21-. The number of ketones is 1. The first-order valence-corrected chi connectivity index (χ1v) is 10.5. The number of aromatic nitrogens is 1. The highest BCUT2D eigenvalue weighted by atomic mass is 35.5. The lowest BCUT2D eigenvalue weighted by molar-refractivity contribution is -0.140. The summed E-state index contributed by atoms with van der Waals surface area (Å²) in [6.45, 7) is 0.149. The molecule has 1 atom stereocenters. The minimum absolute atomic E-state index is 0.0448. The van der Waals surface area contributed by atoms with Gasteiger partial charge in [-0.2, -0.15) is 0 Å². The van der Waals surface area contributed by atoms with Crippen LogP contribution in [0, 0.1) is 0 Å². The molecule has 1 saturated heterocycles. The van der Waals surface area contributed by atoms with Crippen LogP contribution < -0.4 is 9.47 Å². The zero-order chi connectivity index (χ0) is 23.5. The fraction of sp³-hybridized carbons (Fsp3) is 0.160. The molecule has 1 aliphatic heterocycles. The van der Waals surface area contributed by atoms with E-state index in [0.29, 0.717) is 27.8 Å². The van der Waals surface area contributed by atoms with Crippen molar-refractivity contribution in [1.29, 1.82) is 0 Å². The highest BCUT2D eigenvalue weighted by Gasteiger charge is 2.46. The maximum atomic E-state index is 13.1. The van der Waals surface area contributed by atoms with Gasteiger partial charge < -0.3 is 19.5 Å². The summed E-state index contributed by atoms with van der Waals surface area (Å²) < 4.78 is 10.4. The molecular formula is C25H21ClN2O5. The summed E-state index contributed by atoms with van der Waals surface area (Å²) in [7, 11) is 3.02. The van der Waals surface area contributed by atoms with Gasteiger partial charge in [0.25, 0.3) is 11.7 Å². The minimum Gasteiger partial charge on any atom is -0.507 e. The maximum absolute atomic E-state index is 13.1. The number of hydrogen-bond acceptors (Lipinski definition) is 6. The number of methoxy groups -OCH3 is 2. The van der Waals surface area contributed by atoms with Crippen LogP contribution in [0.1, 0.15) is 22.9 Å². The molecule has 0 radical (unpaired) electrons. The number of Topliss-reactive ketones (excluding diaryl/α,β-unsaturated/α-hetero) is 1. The minimum atomic E-state index is -0.866. The number of ether oxygens (including phenoxy) is 2. The van der Waals surface area contributed by atoms with Crippen molar-refractivity contribution in [1.82, 2.24) is 9.88 Å². The molecule has 0 aliphatic carbocycles. The Morgan fingerprint density at radius 3 is 2.45 bits per heavy atom. The van der Waals surface area contributed by atoms with Gasteiger partial charge in [0.1, 0.15) is 23.3 Å². The predicted octanol–water partition coefficient (Wildman–Crippen LogP) is 4.37. The van der Waals surface area contributed by atoms with Gasteiger partial charge >= 0.3 is 0 Å². The van der Waals surface area contributed by atoms with Crippen molar-refractivity contribution in [3.63, 3.8) is 0 Å². The number of hydrogen-bond donors (Lipinski definition) is 1. The Bertz CT molecular complexity index is 1230. The van der Waals surface area contributed by atoms with Gasteiger partial charge in [0.15, 0.2) is 0 Å². The predicted molar refractivity (Wildman–Crippen MR) is 123 cm³/mol. The van der Waals surface area contributed by atoms with Gasteiger partial charge in [0.2, 0.25) is 0 Å². The highest BCUT2D eigenvalue weighted by Crippen LogP contribution is 2.40. The van der Waals surface area contributed by atoms with Crippen LogP contribution in [-0.4, -0.2) is 40.9 Å². The molecular weight excluding hydrogens is 444 g/mol. The Kier molecular flexibility index (Phi) is 6.33. The molecule has 0 bridgehead atoms. The number of halogens is 1. The second-order valence-corrected chi connectivity index (χ2v) is 7.79. The van der Waals surface area contributed by atoms with E-state index in [-0.39, 0.29) is 17.9 Å². The Morgan fingerprint density at radius 1 is 1.06 bits per heavy atom. The summed E-state index contributed by atoms with van der Waals surface area (Å²) in [5, 5.41) is 11.5. The van der Waals surface area contributed by atoms with E-state index in [1.54, 1.807) is 55.8 Å². The molecule has 3 aromatic rings. The molecule has 1 aromatic heterocycles. The Morgan fingerprint density at radius 2 is 1.82 bits per heavy atom. The van der Waals surface area contributed by atoms with Crippen molar-refractivity contribution in [2.45, 2.75) is 12.6 Å². The number of benzene rings is 2. The Labute approximate surface area is 195 Å². The van der Waals surface area contributed by atoms with Crippen LogP contribution in [0.3, 0.4) is 0 Å². The van der Waals surface area contributed by atoms with E-state index in [1.165, 1.54) is 18.1 Å². The van der Waals surface area contributed by atoms with E-state index in [1.807, 2.05) is 12.1 Å². The molecule has 2 aromatic carbocycles. The summed E-state index contributed by atoms with van der Waals surface area (Å²) in [4.78, 5) is 32.0. The van der Waals surface area contributed by atoms with Crippen LogP contribution in [0.4, 0.5) is 0 Å². The lowest BCUT2D eigenvalue weighted by Crippen LogP contribution is -2.29. The second kappa shape index (κ2) is 9.34. The molecule has 33 heavy (non-hydrogen) atoms. The third kappa shape index (κ3) is 4.27. The fourth-order valence-electron chi connectivity index (χ4n) is 3.78. The number of carbonyl (C=O) groups excluding carboxylic acids is 2. The third-order valence-corrected chi connectivity index (χ3v) is 5.76. The number of amides is 1. The Balaban J connectivity index is 1.82. The monoisotopic (exact) mass is 464 g/mol. The van der Waals surface area contributed by atoms with E-state index in [0.717, 1.165) is 5.56 Å². The lowest BCUT2D eigenvalue weighted by Gasteiger charge is -2.24. The summed E-state index contributed by atoms with van der Waals surface area (Å²) in [6.07, 6.45) is 1.58. The van der Waals surface area contributed by atoms with E-state index in [9.17, 15) is 14.7 Å². The zero-order valence-corrected chi connectivity index (χ0v) is 18.7. The van der Waals surface area contributed by atoms with Crippen LogP contribution in [0.5, 0.6) is 11.5 Å². The average Bonchev–Trinajstić information content (AvgIpc) is 3.10. The number of likely N-dealkylation sites (tertiary alicyclic amines) is 1. The van der Waals surface area contributed by atoms with Gasteiger partial charge in [0, 0.05) is 18.3 Å². The summed E-state index contributed by atoms with van der Waals surface area (Å²) in [6, 6.07) is 16.2. The molecule has 2 heterocycles. The second-order valence-electron chi connectivity index (χ2n) is 7.38. The van der Waals surface area contributed by atoms with E-state index in [2.05, 4.69) is 4.98 Å². The fourth-order valence-corrected chi connectivity index (χ4v) is 3.97. The summed E-state index contributed by atoms with van der Waals surface area (Å²) in [5.41, 5.74) is 1.52. The molecule has 1 aliphatic rings. The average molecular weight is 465 g/mol. The first-order chi connectivity index (χ1) is 15.9. The van der Waals surface area contributed by atoms with Crippen LogP contribution in [0.25, 0.3) is 5.76 Å². The van der Waals surface area contributed by atoms with Crippen LogP contribution in [-0.2, 0) is 16.1 Å². The number of aliphatic hydroxyl groups excluding tert-OH is 1. The van der Waals surface area contributed by atoms with Gasteiger partial charge in [-0.25, -0.2) is 0 Å². The quantitative estimate of drug-likeness (QED) is 0.331. The van der Waals surface area contributed by atoms with E-state index >= 15 is 0 Å². The zero-order valence-electron chi connectivity index (χ0n) is 18.0. The van der Waals surface area contributed by atoms with Gasteiger partial charge in [-0.15, -0.1) is 0 Å². The van der Waals surface area contributed by atoms with Crippen molar-refractivity contribution >= 4 is 29.1 Å². The number of nitrogens with zero attached hydrogens (tertiary/aromatic N) is 2. The molecule has 1 amide bonds. The van der Waals surface area contributed by atoms with E-state index in [4.69, 9.17) is 21.1 Å². The van der Waals surface area contributed by atoms with Gasteiger partial charge in [-0.05, 0) is 48.0 Å². The number of rotatable bonds is 6. The molecule has 1 N–H and O–H groups in total. The molecule has 0 saturated carbocycles. The van der Waals surface area contributed by atoms with Crippen molar-refractivity contribution in [3.8, 4) is 11.5 Å². The topological polar surface area (TPSA) is 89.0 Å². The van der Waals surface area contributed by atoms with Crippen LogP contribution >= 0.6 is 11.6 Å². The Hall–Kier alpha value is -3.84.